The molecule has 0 N–H and O–H groups in total. The van der Waals surface area contributed by atoms with E-state index in [0.29, 0.717) is 11.3 Å². The maximum absolute atomic E-state index is 10.8. The first-order chi connectivity index (χ1) is 7.02. The van der Waals surface area contributed by atoms with Crippen LogP contribution < -0.4 is 0 Å². The summed E-state index contributed by atoms with van der Waals surface area (Å²) in [5, 5.41) is 4.33. The highest BCUT2D eigenvalue weighted by atomic mass is 16.1. The van der Waals surface area contributed by atoms with Gasteiger partial charge in [0.25, 0.3) is 0 Å². The fourth-order valence-corrected chi connectivity index (χ4v) is 1.33. The summed E-state index contributed by atoms with van der Waals surface area (Å²) in [5.41, 5.74) is 1.13. The topological polar surface area (TPSA) is 47.3 Å². The molecule has 4 nitrogen and oxygen atoms in total. The van der Waals surface area contributed by atoms with E-state index in [0.717, 1.165) is 12.1 Å². The van der Waals surface area contributed by atoms with E-state index in [1.54, 1.807) is 16.6 Å². The largest absolute Gasteiger partial charge is 0.296 e. The van der Waals surface area contributed by atoms with Gasteiger partial charge in [-0.15, -0.1) is 0 Å². The molecule has 0 amide bonds. The lowest BCUT2D eigenvalue weighted by Gasteiger charge is -2.11. The second-order valence-electron chi connectivity index (χ2n) is 4.52. The molecule has 78 valence electrons. The van der Waals surface area contributed by atoms with Gasteiger partial charge in [0.1, 0.15) is 5.69 Å². The van der Waals surface area contributed by atoms with Gasteiger partial charge in [0, 0.05) is 5.41 Å². The molecule has 0 aromatic carbocycles. The molecule has 2 rings (SSSR count). The lowest BCUT2D eigenvalue weighted by Crippen LogP contribution is -2.13. The SMILES string of the molecule is CC(C)(C)c1nc2cccc(C=O)n2n1. The van der Waals surface area contributed by atoms with Crippen LogP contribution in [0.1, 0.15) is 37.1 Å². The van der Waals surface area contributed by atoms with Gasteiger partial charge < -0.3 is 0 Å². The van der Waals surface area contributed by atoms with Crippen LogP contribution in [-0.4, -0.2) is 20.9 Å². The third kappa shape index (κ3) is 1.63. The van der Waals surface area contributed by atoms with Crippen LogP contribution in [0, 0.1) is 0 Å². The third-order valence-corrected chi connectivity index (χ3v) is 2.18. The highest BCUT2D eigenvalue weighted by Gasteiger charge is 2.20. The zero-order chi connectivity index (χ0) is 11.1. The molecule has 0 spiro atoms. The molecular weight excluding hydrogens is 190 g/mol. The summed E-state index contributed by atoms with van der Waals surface area (Å²) < 4.78 is 1.58. The second-order valence-corrected chi connectivity index (χ2v) is 4.52. The molecule has 2 heterocycles. The Kier molecular flexibility index (Phi) is 2.07. The summed E-state index contributed by atoms with van der Waals surface area (Å²) in [7, 11) is 0. The predicted molar refractivity (Wildman–Crippen MR) is 57.1 cm³/mol. The first-order valence-corrected chi connectivity index (χ1v) is 4.84. The highest BCUT2D eigenvalue weighted by Crippen LogP contribution is 2.19. The van der Waals surface area contributed by atoms with Crippen LogP contribution in [-0.2, 0) is 5.41 Å². The van der Waals surface area contributed by atoms with Gasteiger partial charge in [-0.2, -0.15) is 5.10 Å². The van der Waals surface area contributed by atoms with Crippen LogP contribution in [0.2, 0.25) is 0 Å². The van der Waals surface area contributed by atoms with Crippen molar-refractivity contribution in [3.63, 3.8) is 0 Å². The average Bonchev–Trinajstić information content (AvgIpc) is 2.59. The minimum atomic E-state index is -0.105. The number of hydrogen-bond acceptors (Lipinski definition) is 3. The van der Waals surface area contributed by atoms with Crippen LogP contribution in [0.15, 0.2) is 18.2 Å². The van der Waals surface area contributed by atoms with Crippen molar-refractivity contribution in [1.29, 1.82) is 0 Å². The fraction of sp³-hybridized carbons (Fsp3) is 0.364. The number of carbonyl (C=O) groups excluding carboxylic acids is 1. The zero-order valence-corrected chi connectivity index (χ0v) is 9.06. The molecule has 0 bridgehead atoms. The van der Waals surface area contributed by atoms with E-state index in [4.69, 9.17) is 0 Å². The summed E-state index contributed by atoms with van der Waals surface area (Å²) in [6.45, 7) is 6.13. The lowest BCUT2D eigenvalue weighted by molar-refractivity contribution is 0.111. The highest BCUT2D eigenvalue weighted by molar-refractivity contribution is 5.73. The molecule has 0 unspecified atom stereocenters. The molecule has 0 atom stereocenters. The van der Waals surface area contributed by atoms with Gasteiger partial charge in [0.05, 0.1) is 0 Å². The number of fused-ring (bicyclic) bond motifs is 1. The normalized spacial score (nSPS) is 11.9. The number of nitrogens with zero attached hydrogens (tertiary/aromatic N) is 3. The number of rotatable bonds is 1. The Hall–Kier alpha value is -1.71. The molecule has 0 aliphatic heterocycles. The van der Waals surface area contributed by atoms with Crippen LogP contribution in [0.3, 0.4) is 0 Å². The quantitative estimate of drug-likeness (QED) is 0.664. The van der Waals surface area contributed by atoms with E-state index in [9.17, 15) is 4.79 Å². The van der Waals surface area contributed by atoms with E-state index < -0.39 is 0 Å². The summed E-state index contributed by atoms with van der Waals surface area (Å²) in [5.74, 6) is 0.747. The Morgan fingerprint density at radius 3 is 2.67 bits per heavy atom. The minimum Gasteiger partial charge on any atom is -0.296 e. The zero-order valence-electron chi connectivity index (χ0n) is 9.06. The molecule has 0 aliphatic rings. The Labute approximate surface area is 87.9 Å². The summed E-state index contributed by atoms with van der Waals surface area (Å²) in [4.78, 5) is 15.2. The van der Waals surface area contributed by atoms with Crippen LogP contribution in [0.5, 0.6) is 0 Å². The van der Waals surface area contributed by atoms with Gasteiger partial charge in [-0.05, 0) is 12.1 Å². The van der Waals surface area contributed by atoms with Gasteiger partial charge in [-0.25, -0.2) is 9.50 Å². The van der Waals surface area contributed by atoms with Gasteiger partial charge >= 0.3 is 0 Å². The molecule has 4 heteroatoms. The van der Waals surface area contributed by atoms with E-state index in [1.165, 1.54) is 0 Å². The van der Waals surface area contributed by atoms with Crippen molar-refractivity contribution < 1.29 is 4.79 Å². The van der Waals surface area contributed by atoms with E-state index in [1.807, 2.05) is 26.8 Å². The predicted octanol–water partition coefficient (Wildman–Crippen LogP) is 1.84. The summed E-state index contributed by atoms with van der Waals surface area (Å²) in [6.07, 6.45) is 0.786. The van der Waals surface area contributed by atoms with Gasteiger partial charge in [0.15, 0.2) is 17.8 Å². The van der Waals surface area contributed by atoms with Crippen LogP contribution in [0.4, 0.5) is 0 Å². The molecule has 0 fully saturated rings. The Morgan fingerprint density at radius 2 is 2.07 bits per heavy atom. The maximum Gasteiger partial charge on any atom is 0.168 e. The molecule has 0 saturated heterocycles. The number of aldehydes is 1. The minimum absolute atomic E-state index is 0.105. The standard InChI is InChI=1S/C11H13N3O/c1-11(2,3)10-12-9-6-4-5-8(7-15)14(9)13-10/h4-7H,1-3H3. The first kappa shape index (κ1) is 9.83. The molecule has 2 aromatic rings. The van der Waals surface area contributed by atoms with Crippen LogP contribution in [0.25, 0.3) is 5.65 Å². The van der Waals surface area contributed by atoms with Crippen molar-refractivity contribution in [2.24, 2.45) is 0 Å². The fourth-order valence-electron chi connectivity index (χ4n) is 1.33. The van der Waals surface area contributed by atoms with Gasteiger partial charge in [-0.1, -0.05) is 26.8 Å². The van der Waals surface area contributed by atoms with Gasteiger partial charge in [0.2, 0.25) is 0 Å². The van der Waals surface area contributed by atoms with E-state index >= 15 is 0 Å². The van der Waals surface area contributed by atoms with Gasteiger partial charge in [-0.3, -0.25) is 4.79 Å². The Morgan fingerprint density at radius 1 is 1.33 bits per heavy atom. The monoisotopic (exact) mass is 203 g/mol. The number of hydrogen-bond donors (Lipinski definition) is 0. The lowest BCUT2D eigenvalue weighted by atomic mass is 9.96. The van der Waals surface area contributed by atoms with Crippen molar-refractivity contribution in [3.05, 3.63) is 29.7 Å². The Bertz CT molecular complexity index is 508. The third-order valence-electron chi connectivity index (χ3n) is 2.18. The van der Waals surface area contributed by atoms with Crippen molar-refractivity contribution >= 4 is 11.9 Å². The van der Waals surface area contributed by atoms with Crippen molar-refractivity contribution in [2.45, 2.75) is 26.2 Å². The summed E-state index contributed by atoms with van der Waals surface area (Å²) in [6, 6.07) is 5.37. The molecule has 2 aromatic heterocycles. The molecule has 0 radical (unpaired) electrons. The smallest absolute Gasteiger partial charge is 0.168 e. The molecule has 0 saturated carbocycles. The molecule has 15 heavy (non-hydrogen) atoms. The second kappa shape index (κ2) is 3.15. The number of carbonyl (C=O) groups is 1. The molecular formula is C11H13N3O. The van der Waals surface area contributed by atoms with Crippen molar-refractivity contribution in [2.75, 3.05) is 0 Å². The van der Waals surface area contributed by atoms with Crippen LogP contribution >= 0.6 is 0 Å². The summed E-state index contributed by atoms with van der Waals surface area (Å²) >= 11 is 0. The van der Waals surface area contributed by atoms with E-state index in [2.05, 4.69) is 10.1 Å². The first-order valence-electron chi connectivity index (χ1n) is 4.84. The average molecular weight is 203 g/mol. The number of pyridine rings is 1. The Balaban J connectivity index is 2.70. The molecule has 0 aliphatic carbocycles. The van der Waals surface area contributed by atoms with E-state index in [-0.39, 0.29) is 5.41 Å². The van der Waals surface area contributed by atoms with Crippen molar-refractivity contribution in [1.82, 2.24) is 14.6 Å². The maximum atomic E-state index is 10.8. The number of aromatic nitrogens is 3. The van der Waals surface area contributed by atoms with Crippen molar-refractivity contribution in [3.8, 4) is 0 Å².